The number of hydrogen-bond donors (Lipinski definition) is 1. The third kappa shape index (κ3) is 5.39. The van der Waals surface area contributed by atoms with Crippen molar-refractivity contribution in [3.63, 3.8) is 0 Å². The second-order valence-electron chi connectivity index (χ2n) is 7.43. The number of likely N-dealkylation sites (tertiary alicyclic amines) is 1. The van der Waals surface area contributed by atoms with Gasteiger partial charge in [-0.3, -0.25) is 19.8 Å². The van der Waals surface area contributed by atoms with Gasteiger partial charge in [0, 0.05) is 36.8 Å². The molecule has 0 radical (unpaired) electrons. The van der Waals surface area contributed by atoms with Gasteiger partial charge in [-0.2, -0.15) is 0 Å². The largest absolute Gasteiger partial charge is 0.326 e. The van der Waals surface area contributed by atoms with E-state index in [0.717, 1.165) is 25.9 Å². The molecule has 2 aromatic rings. The molecule has 148 valence electrons. The predicted molar refractivity (Wildman–Crippen MR) is 110 cm³/mol. The van der Waals surface area contributed by atoms with E-state index in [9.17, 15) is 14.9 Å². The molecule has 1 fully saturated rings. The highest BCUT2D eigenvalue weighted by molar-refractivity contribution is 5.91. The molecule has 6 nitrogen and oxygen atoms in total. The van der Waals surface area contributed by atoms with Gasteiger partial charge < -0.3 is 5.32 Å². The highest BCUT2D eigenvalue weighted by Gasteiger charge is 2.23. The summed E-state index contributed by atoms with van der Waals surface area (Å²) in [6.07, 6.45) is 5.01. The minimum atomic E-state index is -0.429. The van der Waals surface area contributed by atoms with Gasteiger partial charge in [-0.1, -0.05) is 36.8 Å². The number of nitro benzene ring substituents is 1. The summed E-state index contributed by atoms with van der Waals surface area (Å²) >= 11 is 0. The second-order valence-corrected chi connectivity index (χ2v) is 7.43. The Hall–Kier alpha value is -2.73. The Bertz CT molecular complexity index is 823. The minimum absolute atomic E-state index is 0.0348. The van der Waals surface area contributed by atoms with Crippen LogP contribution in [0.1, 0.15) is 36.8 Å². The molecule has 28 heavy (non-hydrogen) atoms. The highest BCUT2D eigenvalue weighted by Crippen LogP contribution is 2.23. The molecule has 1 aliphatic rings. The molecule has 1 N–H and O–H groups in total. The minimum Gasteiger partial charge on any atom is -0.326 e. The predicted octanol–water partition coefficient (Wildman–Crippen LogP) is 4.33. The van der Waals surface area contributed by atoms with Crippen LogP contribution in [0.3, 0.4) is 0 Å². The van der Waals surface area contributed by atoms with Gasteiger partial charge in [-0.15, -0.1) is 0 Å². The summed E-state index contributed by atoms with van der Waals surface area (Å²) in [5.74, 6) is -0.0546. The molecule has 2 aromatic carbocycles. The van der Waals surface area contributed by atoms with Crippen molar-refractivity contribution in [2.45, 2.75) is 45.1 Å². The van der Waals surface area contributed by atoms with E-state index in [2.05, 4.69) is 34.5 Å². The zero-order chi connectivity index (χ0) is 19.9. The first kappa shape index (κ1) is 20.0. The number of hydrogen-bond acceptors (Lipinski definition) is 4. The van der Waals surface area contributed by atoms with Crippen molar-refractivity contribution >= 4 is 17.3 Å². The van der Waals surface area contributed by atoms with Crippen LogP contribution in [0.15, 0.2) is 48.5 Å². The molecule has 1 unspecified atom stereocenters. The zero-order valence-electron chi connectivity index (χ0n) is 16.3. The fourth-order valence-corrected chi connectivity index (χ4v) is 3.83. The lowest BCUT2D eigenvalue weighted by molar-refractivity contribution is -0.384. The van der Waals surface area contributed by atoms with Crippen molar-refractivity contribution in [2.75, 3.05) is 18.4 Å². The van der Waals surface area contributed by atoms with Crippen molar-refractivity contribution in [3.8, 4) is 0 Å². The number of piperidine rings is 1. The lowest BCUT2D eigenvalue weighted by atomic mass is 9.95. The molecule has 0 aliphatic carbocycles. The summed E-state index contributed by atoms with van der Waals surface area (Å²) in [6, 6.07) is 15.5. The molecule has 0 saturated carbocycles. The summed E-state index contributed by atoms with van der Waals surface area (Å²) in [7, 11) is 0. The molecule has 1 heterocycles. The molecule has 0 bridgehead atoms. The zero-order valence-corrected chi connectivity index (χ0v) is 16.3. The maximum absolute atomic E-state index is 12.4. The van der Waals surface area contributed by atoms with E-state index in [0.29, 0.717) is 23.7 Å². The van der Waals surface area contributed by atoms with Gasteiger partial charge in [-0.25, -0.2) is 0 Å². The van der Waals surface area contributed by atoms with E-state index in [1.165, 1.54) is 30.5 Å². The molecular weight excluding hydrogens is 354 g/mol. The van der Waals surface area contributed by atoms with Crippen LogP contribution in [-0.4, -0.2) is 34.9 Å². The van der Waals surface area contributed by atoms with E-state index in [1.54, 1.807) is 13.0 Å². The number of amides is 1. The summed E-state index contributed by atoms with van der Waals surface area (Å²) < 4.78 is 0. The lowest BCUT2D eigenvalue weighted by Gasteiger charge is -2.35. The van der Waals surface area contributed by atoms with Crippen molar-refractivity contribution in [1.82, 2.24) is 4.90 Å². The van der Waals surface area contributed by atoms with Crippen LogP contribution < -0.4 is 5.32 Å². The molecule has 1 atom stereocenters. The van der Waals surface area contributed by atoms with Crippen molar-refractivity contribution in [2.24, 2.45) is 0 Å². The van der Waals surface area contributed by atoms with Crippen molar-refractivity contribution in [1.29, 1.82) is 0 Å². The average Bonchev–Trinajstić information content (AvgIpc) is 2.69. The molecule has 1 amide bonds. The Balaban J connectivity index is 1.54. The SMILES string of the molecule is Cc1cc([N+](=O)[O-])ccc1NC(=O)CCN1CCCCC1Cc1ccccc1. The van der Waals surface area contributed by atoms with Gasteiger partial charge >= 0.3 is 0 Å². The highest BCUT2D eigenvalue weighted by atomic mass is 16.6. The fourth-order valence-electron chi connectivity index (χ4n) is 3.83. The smallest absolute Gasteiger partial charge is 0.269 e. The average molecular weight is 381 g/mol. The Kier molecular flexibility index (Phi) is 6.76. The van der Waals surface area contributed by atoms with Crippen molar-refractivity contribution in [3.05, 3.63) is 69.8 Å². The van der Waals surface area contributed by atoms with Crippen LogP contribution in [0.2, 0.25) is 0 Å². The topological polar surface area (TPSA) is 75.5 Å². The number of nitro groups is 1. The molecule has 1 saturated heterocycles. The third-order valence-corrected chi connectivity index (χ3v) is 5.38. The van der Waals surface area contributed by atoms with E-state index in [1.807, 2.05) is 6.07 Å². The van der Waals surface area contributed by atoms with Gasteiger partial charge in [0.25, 0.3) is 5.69 Å². The van der Waals surface area contributed by atoms with Gasteiger partial charge in [0.2, 0.25) is 5.91 Å². The summed E-state index contributed by atoms with van der Waals surface area (Å²) in [5, 5.41) is 13.7. The Morgan fingerprint density at radius 1 is 1.21 bits per heavy atom. The molecule has 3 rings (SSSR count). The fraction of sp³-hybridized carbons (Fsp3) is 0.409. The first-order valence-electron chi connectivity index (χ1n) is 9.86. The maximum Gasteiger partial charge on any atom is 0.269 e. The van der Waals surface area contributed by atoms with Crippen LogP contribution >= 0.6 is 0 Å². The van der Waals surface area contributed by atoms with E-state index in [-0.39, 0.29) is 11.6 Å². The number of anilines is 1. The van der Waals surface area contributed by atoms with Crippen LogP contribution in [0, 0.1) is 17.0 Å². The molecule has 6 heteroatoms. The quantitative estimate of drug-likeness (QED) is 0.572. The third-order valence-electron chi connectivity index (χ3n) is 5.38. The summed E-state index contributed by atoms with van der Waals surface area (Å²) in [6.45, 7) is 3.53. The molecule has 0 spiro atoms. The Morgan fingerprint density at radius 2 is 2.00 bits per heavy atom. The number of carbonyl (C=O) groups excluding carboxylic acids is 1. The standard InChI is InChI=1S/C22H27N3O3/c1-17-15-20(25(27)28)10-11-21(17)23-22(26)12-14-24-13-6-5-9-19(24)16-18-7-3-2-4-8-18/h2-4,7-8,10-11,15,19H,5-6,9,12-14,16H2,1H3,(H,23,26). The lowest BCUT2D eigenvalue weighted by Crippen LogP contribution is -2.42. The van der Waals surface area contributed by atoms with Crippen molar-refractivity contribution < 1.29 is 9.72 Å². The van der Waals surface area contributed by atoms with Crippen LogP contribution in [-0.2, 0) is 11.2 Å². The number of nitrogens with zero attached hydrogens (tertiary/aromatic N) is 2. The van der Waals surface area contributed by atoms with E-state index < -0.39 is 4.92 Å². The first-order chi connectivity index (χ1) is 13.5. The number of nitrogens with one attached hydrogen (secondary N) is 1. The van der Waals surface area contributed by atoms with E-state index in [4.69, 9.17) is 0 Å². The molecule has 1 aliphatic heterocycles. The van der Waals surface area contributed by atoms with E-state index >= 15 is 0 Å². The number of carbonyl (C=O) groups is 1. The van der Waals surface area contributed by atoms with Gasteiger partial charge in [0.1, 0.15) is 0 Å². The van der Waals surface area contributed by atoms with Gasteiger partial charge in [-0.05, 0) is 49.9 Å². The monoisotopic (exact) mass is 381 g/mol. The maximum atomic E-state index is 12.4. The van der Waals surface area contributed by atoms with Crippen LogP contribution in [0.25, 0.3) is 0 Å². The molecular formula is C22H27N3O3. The van der Waals surface area contributed by atoms with Gasteiger partial charge in [0.15, 0.2) is 0 Å². The normalized spacial score (nSPS) is 17.2. The Morgan fingerprint density at radius 3 is 2.71 bits per heavy atom. The first-order valence-corrected chi connectivity index (χ1v) is 9.86. The molecule has 0 aromatic heterocycles. The summed E-state index contributed by atoms with van der Waals surface area (Å²) in [4.78, 5) is 25.3. The summed E-state index contributed by atoms with van der Waals surface area (Å²) in [5.41, 5.74) is 2.70. The number of aryl methyl sites for hydroxylation is 1. The Labute approximate surface area is 165 Å². The van der Waals surface area contributed by atoms with Gasteiger partial charge in [0.05, 0.1) is 4.92 Å². The number of benzene rings is 2. The van der Waals surface area contributed by atoms with Crippen LogP contribution in [0.5, 0.6) is 0 Å². The number of rotatable bonds is 7. The number of non-ortho nitro benzene ring substituents is 1. The van der Waals surface area contributed by atoms with Crippen LogP contribution in [0.4, 0.5) is 11.4 Å². The second kappa shape index (κ2) is 9.46.